The van der Waals surface area contributed by atoms with E-state index in [4.69, 9.17) is 5.73 Å². The van der Waals surface area contributed by atoms with Gasteiger partial charge in [0.15, 0.2) is 0 Å². The number of hydrogen-bond donors (Lipinski definition) is 13. The third kappa shape index (κ3) is 20.6. The molecule has 500 valence electrons. The maximum Gasteiger partial charge on any atom is 0.327 e. The van der Waals surface area contributed by atoms with Crippen LogP contribution in [0.1, 0.15) is 59.1 Å². The number of aromatic hydroxyl groups is 2. The minimum atomic E-state index is -1.45. The fourth-order valence-electron chi connectivity index (χ4n) is 11.6. The van der Waals surface area contributed by atoms with E-state index in [2.05, 4.69) is 62.5 Å². The molecular formula is C70H80N10O13S2. The van der Waals surface area contributed by atoms with Crippen LogP contribution in [0.25, 0.3) is 0 Å². The van der Waals surface area contributed by atoms with Crippen LogP contribution in [0.5, 0.6) is 11.5 Å². The van der Waals surface area contributed by atoms with Gasteiger partial charge in [-0.25, -0.2) is 4.79 Å². The summed E-state index contributed by atoms with van der Waals surface area (Å²) in [5.74, 6) is -8.41. The van der Waals surface area contributed by atoms with Crippen molar-refractivity contribution < 1.29 is 63.3 Å². The van der Waals surface area contributed by atoms with Crippen molar-refractivity contribution in [2.24, 2.45) is 5.73 Å². The van der Waals surface area contributed by atoms with Crippen molar-refractivity contribution in [2.75, 3.05) is 24.6 Å². The number of benzene rings is 6. The number of nitrogens with two attached hydrogens (primary N) is 1. The summed E-state index contributed by atoms with van der Waals surface area (Å²) >= 11 is 8.54. The van der Waals surface area contributed by atoms with Crippen molar-refractivity contribution in [1.29, 1.82) is 0 Å². The van der Waals surface area contributed by atoms with E-state index in [1.165, 1.54) is 34.1 Å². The van der Waals surface area contributed by atoms with Gasteiger partial charge in [0.1, 0.15) is 65.9 Å². The van der Waals surface area contributed by atoms with Crippen LogP contribution >= 0.6 is 25.3 Å². The molecule has 0 radical (unpaired) electrons. The number of thiol groups is 2. The van der Waals surface area contributed by atoms with Crippen LogP contribution in [0.2, 0.25) is 0 Å². The number of hydrogen-bond acceptors (Lipinski definition) is 15. The van der Waals surface area contributed by atoms with Gasteiger partial charge in [0.25, 0.3) is 0 Å². The van der Waals surface area contributed by atoms with E-state index < -0.39 is 120 Å². The first-order valence-corrected chi connectivity index (χ1v) is 32.7. The third-order valence-electron chi connectivity index (χ3n) is 16.7. The average Bonchev–Trinajstić information content (AvgIpc) is 1.98. The van der Waals surface area contributed by atoms with Gasteiger partial charge in [0.2, 0.25) is 53.2 Å². The first-order valence-electron chi connectivity index (χ1n) is 31.4. The van der Waals surface area contributed by atoms with Gasteiger partial charge in [-0.2, -0.15) is 25.3 Å². The minimum Gasteiger partial charge on any atom is -0.508 e. The van der Waals surface area contributed by atoms with Crippen LogP contribution < -0.4 is 43.0 Å². The Hall–Kier alpha value is -9.72. The second-order valence-corrected chi connectivity index (χ2v) is 24.3. The van der Waals surface area contributed by atoms with Crippen LogP contribution in [0.4, 0.5) is 0 Å². The zero-order chi connectivity index (χ0) is 68.0. The van der Waals surface area contributed by atoms with Gasteiger partial charge < -0.3 is 68.1 Å². The molecule has 2 heterocycles. The van der Waals surface area contributed by atoms with Crippen molar-refractivity contribution >= 4 is 84.4 Å². The number of carbonyl (C=O) groups is 10. The summed E-state index contributed by atoms with van der Waals surface area (Å²) in [6.45, 7) is 0.296. The number of phenolic OH excluding ortho intramolecular Hbond substituents is 2. The third-order valence-corrected chi connectivity index (χ3v) is 17.4. The van der Waals surface area contributed by atoms with Gasteiger partial charge >= 0.3 is 5.97 Å². The number of amides is 9. The Balaban J connectivity index is 0.995. The number of rotatable bonds is 31. The highest BCUT2D eigenvalue weighted by molar-refractivity contribution is 7.80. The maximum absolute atomic E-state index is 15.1. The van der Waals surface area contributed by atoms with E-state index in [0.717, 1.165) is 0 Å². The Morgan fingerprint density at radius 1 is 0.379 bits per heavy atom. The largest absolute Gasteiger partial charge is 0.508 e. The molecule has 0 aliphatic carbocycles. The van der Waals surface area contributed by atoms with E-state index >= 15 is 4.79 Å². The molecule has 2 aliphatic heterocycles. The smallest absolute Gasteiger partial charge is 0.327 e. The van der Waals surface area contributed by atoms with Crippen LogP contribution in [-0.4, -0.2) is 169 Å². The van der Waals surface area contributed by atoms with Crippen LogP contribution in [0.3, 0.4) is 0 Å². The molecule has 0 aromatic heterocycles. The fraction of sp³-hybridized carbons (Fsp3) is 0.343. The molecule has 2 aliphatic rings. The Kier molecular flexibility index (Phi) is 26.2. The predicted octanol–water partition coefficient (Wildman–Crippen LogP) is 2.50. The molecule has 0 bridgehead atoms. The standard InChI is InChI=1S/C70H80N10O13S2/c71-51(35-47-25-29-49(81)30-26-47)68(90)79-33-13-23-59(79)66(88)74-54(38-45-19-9-3-10-20-45)61(83)72-52(36-43-15-5-1-6-16-43)63(85)77-57(41-94)65(87)76-56(40-48-27-31-50(82)32-28-48)69(91)80-34-14-24-60(80)67(89)75-55(39-46-21-11-4-12-22-46)62(84)73-53(37-44-17-7-2-8-18-44)64(86)78-58(42-95)70(92)93/h1-12,15-22,25-32,51-60,81-82,94-95H,13-14,23-24,33-42,71H2,(H,72,83)(H,73,84)(H,74,88)(H,75,89)(H,76,87)(H,77,85)(H,78,86)(H,92,93)/t51-,52-,53-,54-,55-,56-,57-,58-,59-,60-/m0/s1. The summed E-state index contributed by atoms with van der Waals surface area (Å²) < 4.78 is 0. The van der Waals surface area contributed by atoms with Gasteiger partial charge in [0.05, 0.1) is 6.04 Å². The highest BCUT2D eigenvalue weighted by atomic mass is 32.1. The lowest BCUT2D eigenvalue weighted by atomic mass is 10.0. The molecule has 6 aromatic carbocycles. The number of aliphatic carboxylic acids is 1. The van der Waals surface area contributed by atoms with E-state index in [1.54, 1.807) is 146 Å². The quantitative estimate of drug-likeness (QED) is 0.0278. The SMILES string of the molecule is N[C@@H](Cc1ccc(O)cc1)C(=O)N1CCC[C@H]1C(=O)N[C@@H](Cc1ccccc1)C(=O)N[C@@H](Cc1ccccc1)C(=O)N[C@@H](CS)C(=O)N[C@@H](Cc1ccc(O)cc1)C(=O)N1CCC[C@H]1C(=O)N[C@@H](Cc1ccccc1)C(=O)N[C@@H](Cc1ccccc1)C(=O)N[C@@H](CS)C(=O)O. The molecule has 12 N–H and O–H groups in total. The molecule has 0 unspecified atom stereocenters. The summed E-state index contributed by atoms with van der Waals surface area (Å²) in [6, 6.07) is 34.6. The molecule has 9 amide bonds. The second-order valence-electron chi connectivity index (χ2n) is 23.6. The lowest BCUT2D eigenvalue weighted by Gasteiger charge is -2.31. The van der Waals surface area contributed by atoms with Gasteiger partial charge in [-0.3, -0.25) is 43.2 Å². The molecule has 6 aromatic rings. The summed E-state index contributed by atoms with van der Waals surface area (Å²) in [5.41, 5.74) is 10.2. The van der Waals surface area contributed by atoms with Crippen LogP contribution in [0, 0.1) is 0 Å². The number of nitrogens with zero attached hydrogens (tertiary/aromatic N) is 2. The number of likely N-dealkylation sites (tertiary alicyclic amines) is 2. The van der Waals surface area contributed by atoms with Gasteiger partial charge in [-0.1, -0.05) is 146 Å². The molecule has 8 rings (SSSR count). The highest BCUT2D eigenvalue weighted by Crippen LogP contribution is 2.24. The Morgan fingerprint density at radius 2 is 0.663 bits per heavy atom. The minimum absolute atomic E-state index is 0.0226. The normalized spacial score (nSPS) is 16.8. The van der Waals surface area contributed by atoms with E-state index in [-0.39, 0.29) is 81.0 Å². The summed E-state index contributed by atoms with van der Waals surface area (Å²) in [4.78, 5) is 145. The molecular weight excluding hydrogens is 1250 g/mol. The fourth-order valence-corrected chi connectivity index (χ4v) is 12.1. The highest BCUT2D eigenvalue weighted by Gasteiger charge is 2.42. The Labute approximate surface area is 561 Å². The zero-order valence-electron chi connectivity index (χ0n) is 52.1. The summed E-state index contributed by atoms with van der Waals surface area (Å²) in [5, 5.41) is 48.9. The van der Waals surface area contributed by atoms with Gasteiger partial charge in [0, 0.05) is 56.7 Å². The number of phenols is 2. The van der Waals surface area contributed by atoms with Gasteiger partial charge in [-0.05, 0) is 89.8 Å². The number of carboxylic acids is 1. The lowest BCUT2D eigenvalue weighted by Crippen LogP contribution is -2.61. The van der Waals surface area contributed by atoms with E-state index in [1.807, 2.05) is 0 Å². The van der Waals surface area contributed by atoms with Crippen molar-refractivity contribution in [3.8, 4) is 11.5 Å². The van der Waals surface area contributed by atoms with E-state index in [9.17, 15) is 58.5 Å². The Bertz CT molecular complexity index is 3600. The van der Waals surface area contributed by atoms with Crippen molar-refractivity contribution in [1.82, 2.24) is 47.0 Å². The molecule has 95 heavy (non-hydrogen) atoms. The van der Waals surface area contributed by atoms with Crippen molar-refractivity contribution in [3.63, 3.8) is 0 Å². The van der Waals surface area contributed by atoms with Crippen LogP contribution in [-0.2, 0) is 86.5 Å². The summed E-state index contributed by atoms with van der Waals surface area (Å²) in [6.07, 6.45) is 1.03. The number of carbonyl (C=O) groups excluding carboxylic acids is 9. The van der Waals surface area contributed by atoms with Gasteiger partial charge in [-0.15, -0.1) is 0 Å². The molecule has 2 saturated heterocycles. The molecule has 23 nitrogen and oxygen atoms in total. The van der Waals surface area contributed by atoms with E-state index in [0.29, 0.717) is 52.6 Å². The molecule has 10 atom stereocenters. The summed E-state index contributed by atoms with van der Waals surface area (Å²) in [7, 11) is 0. The Morgan fingerprint density at radius 3 is 1.02 bits per heavy atom. The molecule has 0 spiro atoms. The second kappa shape index (κ2) is 35.0. The first kappa shape index (κ1) is 71.1. The monoisotopic (exact) mass is 1330 g/mol. The molecule has 25 heteroatoms. The zero-order valence-corrected chi connectivity index (χ0v) is 53.9. The first-order chi connectivity index (χ1) is 45.8. The lowest BCUT2D eigenvalue weighted by molar-refractivity contribution is -0.142. The number of nitrogens with one attached hydrogen (secondary N) is 7. The van der Waals surface area contributed by atoms with Crippen molar-refractivity contribution in [3.05, 3.63) is 203 Å². The average molecular weight is 1330 g/mol. The molecule has 2 fully saturated rings. The van der Waals surface area contributed by atoms with Crippen molar-refractivity contribution in [2.45, 2.75) is 125 Å². The number of carboxylic acid groups (broad SMARTS) is 1. The molecule has 0 saturated carbocycles. The van der Waals surface area contributed by atoms with Crippen LogP contribution in [0.15, 0.2) is 170 Å². The topological polar surface area (TPSA) is 348 Å². The maximum atomic E-state index is 15.1. The predicted molar refractivity (Wildman–Crippen MR) is 361 cm³/mol.